The number of aromatic nitrogens is 1. The molecule has 0 N–H and O–H groups in total. The molecule has 0 amide bonds. The number of halogens is 1. The van der Waals surface area contributed by atoms with E-state index in [1.54, 1.807) is 0 Å². The van der Waals surface area contributed by atoms with E-state index in [1.807, 2.05) is 0 Å². The van der Waals surface area contributed by atoms with Gasteiger partial charge >= 0.3 is 0 Å². The maximum absolute atomic E-state index is 3.49. The minimum Gasteiger partial charge on any atom is -0.336 e. The Bertz CT molecular complexity index is 801. The second kappa shape index (κ2) is 5.56. The predicted molar refractivity (Wildman–Crippen MR) is 87.7 cm³/mol. The van der Waals surface area contributed by atoms with Gasteiger partial charge in [-0.25, -0.2) is 0 Å². The number of fused-ring (bicyclic) bond motifs is 1. The zero-order chi connectivity index (χ0) is 13.9. The average molecular weight is 324 g/mol. The summed E-state index contributed by atoms with van der Waals surface area (Å²) in [6, 6.07) is 16.7. The van der Waals surface area contributed by atoms with E-state index in [0.29, 0.717) is 6.54 Å². The van der Waals surface area contributed by atoms with E-state index in [-0.39, 0.29) is 0 Å². The molecule has 0 saturated carbocycles. The number of hydrogen-bond acceptors (Lipinski definition) is 0. The summed E-state index contributed by atoms with van der Waals surface area (Å²) in [5.74, 6) is 6.44. The van der Waals surface area contributed by atoms with E-state index in [2.05, 4.69) is 94.0 Å². The van der Waals surface area contributed by atoms with Crippen LogP contribution in [0.4, 0.5) is 0 Å². The Hall–Kier alpha value is -1.98. The smallest absolute Gasteiger partial charge is 0.0841 e. The molecule has 3 rings (SSSR count). The van der Waals surface area contributed by atoms with Crippen molar-refractivity contribution in [2.45, 2.75) is 13.5 Å². The first-order valence-electron chi connectivity index (χ1n) is 6.52. The number of benzene rings is 2. The highest BCUT2D eigenvalue weighted by Gasteiger charge is 1.99. The maximum atomic E-state index is 3.49. The van der Waals surface area contributed by atoms with Gasteiger partial charge in [0, 0.05) is 27.1 Å². The van der Waals surface area contributed by atoms with Gasteiger partial charge in [-0.15, -0.1) is 0 Å². The predicted octanol–water partition coefficient (Wildman–Crippen LogP) is 4.76. The van der Waals surface area contributed by atoms with Gasteiger partial charge in [-0.05, 0) is 43.3 Å². The normalized spacial score (nSPS) is 10.3. The molecule has 0 aliphatic carbocycles. The first kappa shape index (κ1) is 13.0. The summed E-state index contributed by atoms with van der Waals surface area (Å²) in [5.41, 5.74) is 3.54. The molecule has 1 heterocycles. The average Bonchev–Trinajstić information content (AvgIpc) is 2.83. The molecule has 0 radical (unpaired) electrons. The Morgan fingerprint density at radius 2 is 1.85 bits per heavy atom. The van der Waals surface area contributed by atoms with Crippen LogP contribution in [0.5, 0.6) is 0 Å². The third-order valence-electron chi connectivity index (χ3n) is 3.27. The van der Waals surface area contributed by atoms with Crippen LogP contribution in [0.1, 0.15) is 11.1 Å². The number of nitrogens with zero attached hydrogens (tertiary/aromatic N) is 1. The van der Waals surface area contributed by atoms with Crippen LogP contribution in [0.15, 0.2) is 59.2 Å². The number of rotatable bonds is 1. The highest BCUT2D eigenvalue weighted by Crippen LogP contribution is 2.20. The van der Waals surface area contributed by atoms with Crippen LogP contribution in [-0.4, -0.2) is 4.57 Å². The lowest BCUT2D eigenvalue weighted by atomic mass is 10.1. The zero-order valence-electron chi connectivity index (χ0n) is 11.2. The molecule has 1 nitrogen and oxygen atoms in total. The minimum absolute atomic E-state index is 0.707. The van der Waals surface area contributed by atoms with Crippen molar-refractivity contribution in [1.82, 2.24) is 4.57 Å². The molecule has 0 unspecified atom stereocenters. The van der Waals surface area contributed by atoms with E-state index >= 15 is 0 Å². The van der Waals surface area contributed by atoms with Crippen LogP contribution in [0.2, 0.25) is 0 Å². The van der Waals surface area contributed by atoms with Crippen LogP contribution < -0.4 is 0 Å². The Morgan fingerprint density at radius 1 is 1.05 bits per heavy atom. The van der Waals surface area contributed by atoms with E-state index in [9.17, 15) is 0 Å². The standard InChI is InChI=1S/C18H14BrN/c1-14-4-6-15(7-5-14)3-2-11-20-12-10-16-13-17(19)8-9-18(16)20/h4-10,12-13H,11H2,1H3. The molecule has 0 atom stereocenters. The Kier molecular flexibility index (Phi) is 3.62. The van der Waals surface area contributed by atoms with Crippen LogP contribution in [0, 0.1) is 18.8 Å². The zero-order valence-corrected chi connectivity index (χ0v) is 12.8. The third kappa shape index (κ3) is 2.79. The van der Waals surface area contributed by atoms with E-state index < -0.39 is 0 Å². The van der Waals surface area contributed by atoms with Crippen LogP contribution in [0.25, 0.3) is 10.9 Å². The SMILES string of the molecule is Cc1ccc(C#CCn2ccc3cc(Br)ccc32)cc1. The fraction of sp³-hybridized carbons (Fsp3) is 0.111. The first-order chi connectivity index (χ1) is 9.72. The molecule has 20 heavy (non-hydrogen) atoms. The molecule has 0 aliphatic rings. The van der Waals surface area contributed by atoms with Crippen LogP contribution >= 0.6 is 15.9 Å². The van der Waals surface area contributed by atoms with E-state index in [0.717, 1.165) is 10.0 Å². The molecule has 0 fully saturated rings. The van der Waals surface area contributed by atoms with Gasteiger partial charge in [-0.1, -0.05) is 45.5 Å². The highest BCUT2D eigenvalue weighted by molar-refractivity contribution is 9.10. The summed E-state index contributed by atoms with van der Waals surface area (Å²) < 4.78 is 3.27. The van der Waals surface area contributed by atoms with E-state index in [1.165, 1.54) is 16.5 Å². The largest absolute Gasteiger partial charge is 0.336 e. The van der Waals surface area contributed by atoms with Crippen molar-refractivity contribution in [2.75, 3.05) is 0 Å². The quantitative estimate of drug-likeness (QED) is 0.569. The Labute approximate surface area is 127 Å². The number of aryl methyl sites for hydroxylation is 1. The molecule has 0 aliphatic heterocycles. The van der Waals surface area contributed by atoms with Gasteiger partial charge in [0.15, 0.2) is 0 Å². The van der Waals surface area contributed by atoms with Crippen molar-refractivity contribution >= 4 is 26.8 Å². The Morgan fingerprint density at radius 3 is 2.65 bits per heavy atom. The molecule has 98 valence electrons. The van der Waals surface area contributed by atoms with Gasteiger partial charge < -0.3 is 4.57 Å². The molecule has 0 saturated heterocycles. The van der Waals surface area contributed by atoms with Crippen LogP contribution in [-0.2, 0) is 6.54 Å². The van der Waals surface area contributed by atoms with Crippen molar-refractivity contribution in [3.05, 3.63) is 70.3 Å². The highest BCUT2D eigenvalue weighted by atomic mass is 79.9. The molecule has 1 aromatic heterocycles. The van der Waals surface area contributed by atoms with Crippen molar-refractivity contribution in [1.29, 1.82) is 0 Å². The fourth-order valence-electron chi connectivity index (χ4n) is 2.17. The van der Waals surface area contributed by atoms with E-state index in [4.69, 9.17) is 0 Å². The number of hydrogen-bond donors (Lipinski definition) is 0. The minimum atomic E-state index is 0.707. The van der Waals surface area contributed by atoms with Crippen LogP contribution in [0.3, 0.4) is 0 Å². The summed E-state index contributed by atoms with van der Waals surface area (Å²) in [5, 5.41) is 1.23. The topological polar surface area (TPSA) is 4.93 Å². The van der Waals surface area contributed by atoms with Gasteiger partial charge in [0.1, 0.15) is 0 Å². The summed E-state index contributed by atoms with van der Waals surface area (Å²) in [6.07, 6.45) is 2.08. The summed E-state index contributed by atoms with van der Waals surface area (Å²) in [7, 11) is 0. The lowest BCUT2D eigenvalue weighted by Gasteiger charge is -1.99. The van der Waals surface area contributed by atoms with Gasteiger partial charge in [0.2, 0.25) is 0 Å². The summed E-state index contributed by atoms with van der Waals surface area (Å²) in [4.78, 5) is 0. The monoisotopic (exact) mass is 323 g/mol. The molecule has 0 bridgehead atoms. The lowest BCUT2D eigenvalue weighted by molar-refractivity contribution is 0.886. The van der Waals surface area contributed by atoms with Crippen molar-refractivity contribution in [2.24, 2.45) is 0 Å². The lowest BCUT2D eigenvalue weighted by Crippen LogP contribution is -1.92. The van der Waals surface area contributed by atoms with Gasteiger partial charge in [0.05, 0.1) is 6.54 Å². The second-order valence-corrected chi connectivity index (χ2v) is 5.73. The third-order valence-corrected chi connectivity index (χ3v) is 3.76. The van der Waals surface area contributed by atoms with Gasteiger partial charge in [-0.2, -0.15) is 0 Å². The molecular formula is C18H14BrN. The van der Waals surface area contributed by atoms with Crippen molar-refractivity contribution in [3.63, 3.8) is 0 Å². The molecule has 2 aromatic carbocycles. The Balaban J connectivity index is 1.82. The summed E-state index contributed by atoms with van der Waals surface area (Å²) >= 11 is 3.49. The van der Waals surface area contributed by atoms with Crippen molar-refractivity contribution in [3.8, 4) is 11.8 Å². The van der Waals surface area contributed by atoms with Gasteiger partial charge in [-0.3, -0.25) is 0 Å². The molecule has 2 heteroatoms. The second-order valence-electron chi connectivity index (χ2n) is 4.81. The first-order valence-corrected chi connectivity index (χ1v) is 7.31. The molecule has 3 aromatic rings. The fourth-order valence-corrected chi connectivity index (χ4v) is 2.55. The molecule has 0 spiro atoms. The maximum Gasteiger partial charge on any atom is 0.0841 e. The molecular weight excluding hydrogens is 310 g/mol. The van der Waals surface area contributed by atoms with Gasteiger partial charge in [0.25, 0.3) is 0 Å². The summed E-state index contributed by atoms with van der Waals surface area (Å²) in [6.45, 7) is 2.79. The van der Waals surface area contributed by atoms with Crippen molar-refractivity contribution < 1.29 is 0 Å².